The first-order valence-corrected chi connectivity index (χ1v) is 5.91. The molecule has 0 heterocycles. The molecule has 0 fully saturated rings. The minimum atomic E-state index is -0.289. The molecule has 18 heavy (non-hydrogen) atoms. The molecule has 0 spiro atoms. The fraction of sp³-hybridized carbons (Fsp3) is 0. The Hall–Kier alpha value is -1.58. The number of nitrogens with zero attached hydrogens (tertiary/aromatic N) is 1. The predicted octanol–water partition coefficient (Wildman–Crippen LogP) is 4.58. The highest BCUT2D eigenvalue weighted by Crippen LogP contribution is 2.24. The standard InChI is InChI=1S/C13H9Cl2FN2/c14-12-3-1-2-9(13(12)15)8-17-18-11-6-4-10(16)5-7-11/h1-8,18H/b17-8+. The van der Waals surface area contributed by atoms with Crippen LogP contribution in [0.25, 0.3) is 0 Å². The van der Waals surface area contributed by atoms with E-state index in [1.54, 1.807) is 36.5 Å². The van der Waals surface area contributed by atoms with Gasteiger partial charge in [0.05, 0.1) is 21.9 Å². The van der Waals surface area contributed by atoms with Crippen molar-refractivity contribution >= 4 is 35.1 Å². The van der Waals surface area contributed by atoms with Gasteiger partial charge >= 0.3 is 0 Å². The number of benzene rings is 2. The molecule has 2 aromatic carbocycles. The van der Waals surface area contributed by atoms with Crippen LogP contribution in [0.3, 0.4) is 0 Å². The third-order valence-electron chi connectivity index (χ3n) is 2.22. The molecule has 2 nitrogen and oxygen atoms in total. The van der Waals surface area contributed by atoms with Crippen LogP contribution in [0.5, 0.6) is 0 Å². The Bertz CT molecular complexity index is 568. The van der Waals surface area contributed by atoms with Gasteiger partial charge in [0, 0.05) is 5.56 Å². The Balaban J connectivity index is 2.07. The molecular weight excluding hydrogens is 274 g/mol. The number of anilines is 1. The summed E-state index contributed by atoms with van der Waals surface area (Å²) in [5, 5.41) is 4.93. The van der Waals surface area contributed by atoms with Gasteiger partial charge in [-0.2, -0.15) is 5.10 Å². The largest absolute Gasteiger partial charge is 0.279 e. The molecule has 0 aromatic heterocycles. The fourth-order valence-corrected chi connectivity index (χ4v) is 1.68. The number of hydrogen-bond donors (Lipinski definition) is 1. The van der Waals surface area contributed by atoms with Crippen molar-refractivity contribution in [3.63, 3.8) is 0 Å². The summed E-state index contributed by atoms with van der Waals surface area (Å²) in [5.41, 5.74) is 4.16. The summed E-state index contributed by atoms with van der Waals surface area (Å²) < 4.78 is 12.7. The highest BCUT2D eigenvalue weighted by atomic mass is 35.5. The van der Waals surface area contributed by atoms with Crippen molar-refractivity contribution in [1.29, 1.82) is 0 Å². The minimum Gasteiger partial charge on any atom is -0.279 e. The van der Waals surface area contributed by atoms with Crippen molar-refractivity contribution in [2.24, 2.45) is 5.10 Å². The molecule has 0 aliphatic rings. The van der Waals surface area contributed by atoms with Gasteiger partial charge in [-0.1, -0.05) is 35.3 Å². The van der Waals surface area contributed by atoms with E-state index in [9.17, 15) is 4.39 Å². The quantitative estimate of drug-likeness (QED) is 0.647. The highest BCUT2D eigenvalue weighted by Gasteiger charge is 2.01. The first kappa shape index (κ1) is 12.9. The first-order chi connectivity index (χ1) is 8.66. The maximum absolute atomic E-state index is 12.7. The van der Waals surface area contributed by atoms with Crippen LogP contribution in [-0.2, 0) is 0 Å². The van der Waals surface area contributed by atoms with E-state index in [1.165, 1.54) is 12.1 Å². The second-order valence-corrected chi connectivity index (χ2v) is 4.31. The molecule has 0 unspecified atom stereocenters. The Kier molecular flexibility index (Phi) is 4.18. The van der Waals surface area contributed by atoms with Crippen LogP contribution in [0.4, 0.5) is 10.1 Å². The molecule has 0 bridgehead atoms. The number of hydrazone groups is 1. The van der Waals surface area contributed by atoms with E-state index in [0.29, 0.717) is 21.3 Å². The van der Waals surface area contributed by atoms with Crippen LogP contribution in [0.1, 0.15) is 5.56 Å². The van der Waals surface area contributed by atoms with Crippen molar-refractivity contribution in [3.8, 4) is 0 Å². The molecule has 0 saturated carbocycles. The average Bonchev–Trinajstić information content (AvgIpc) is 2.37. The third-order valence-corrected chi connectivity index (χ3v) is 3.06. The van der Waals surface area contributed by atoms with Crippen LogP contribution >= 0.6 is 23.2 Å². The van der Waals surface area contributed by atoms with Gasteiger partial charge in [0.25, 0.3) is 0 Å². The third kappa shape index (κ3) is 3.22. The zero-order chi connectivity index (χ0) is 13.0. The van der Waals surface area contributed by atoms with E-state index in [1.807, 2.05) is 0 Å². The predicted molar refractivity (Wildman–Crippen MR) is 74.1 cm³/mol. The molecule has 2 aromatic rings. The van der Waals surface area contributed by atoms with Gasteiger partial charge in [0.2, 0.25) is 0 Å². The fourth-order valence-electron chi connectivity index (χ4n) is 1.32. The molecule has 2 rings (SSSR count). The van der Waals surface area contributed by atoms with Gasteiger partial charge in [-0.3, -0.25) is 5.43 Å². The van der Waals surface area contributed by atoms with Crippen LogP contribution in [-0.4, -0.2) is 6.21 Å². The van der Waals surface area contributed by atoms with Gasteiger partial charge in [-0.25, -0.2) is 4.39 Å². The Morgan fingerprint density at radius 2 is 1.78 bits per heavy atom. The van der Waals surface area contributed by atoms with Crippen LogP contribution in [0.15, 0.2) is 47.6 Å². The van der Waals surface area contributed by atoms with Gasteiger partial charge in [-0.15, -0.1) is 0 Å². The van der Waals surface area contributed by atoms with Crippen molar-refractivity contribution in [2.45, 2.75) is 0 Å². The molecule has 0 aliphatic heterocycles. The van der Waals surface area contributed by atoms with Crippen molar-refractivity contribution in [2.75, 3.05) is 5.43 Å². The molecule has 0 saturated heterocycles. The molecule has 0 atom stereocenters. The summed E-state index contributed by atoms with van der Waals surface area (Å²) in [6.45, 7) is 0. The lowest BCUT2D eigenvalue weighted by Crippen LogP contribution is -1.91. The average molecular weight is 283 g/mol. The van der Waals surface area contributed by atoms with Crippen molar-refractivity contribution in [1.82, 2.24) is 0 Å². The maximum Gasteiger partial charge on any atom is 0.123 e. The van der Waals surface area contributed by atoms with E-state index in [0.717, 1.165) is 0 Å². The van der Waals surface area contributed by atoms with Crippen molar-refractivity contribution < 1.29 is 4.39 Å². The van der Waals surface area contributed by atoms with Gasteiger partial charge in [0.1, 0.15) is 5.82 Å². The second-order valence-electron chi connectivity index (χ2n) is 3.52. The number of hydrogen-bond acceptors (Lipinski definition) is 2. The summed E-state index contributed by atoms with van der Waals surface area (Å²) >= 11 is 11.9. The van der Waals surface area contributed by atoms with Crippen LogP contribution < -0.4 is 5.43 Å². The first-order valence-electron chi connectivity index (χ1n) is 5.15. The van der Waals surface area contributed by atoms with E-state index in [4.69, 9.17) is 23.2 Å². The van der Waals surface area contributed by atoms with Crippen molar-refractivity contribution in [3.05, 3.63) is 63.9 Å². The Labute approximate surface area is 114 Å². The SMILES string of the molecule is Fc1ccc(N/N=C/c2cccc(Cl)c2Cl)cc1. The highest BCUT2D eigenvalue weighted by molar-refractivity contribution is 6.43. The number of nitrogens with one attached hydrogen (secondary N) is 1. The Morgan fingerprint density at radius 3 is 2.50 bits per heavy atom. The van der Waals surface area contributed by atoms with Gasteiger partial charge < -0.3 is 0 Å². The monoisotopic (exact) mass is 282 g/mol. The molecule has 0 amide bonds. The smallest absolute Gasteiger partial charge is 0.123 e. The lowest BCUT2D eigenvalue weighted by Gasteiger charge is -2.01. The summed E-state index contributed by atoms with van der Waals surface area (Å²) in [5.74, 6) is -0.289. The zero-order valence-corrected chi connectivity index (χ0v) is 10.7. The minimum absolute atomic E-state index is 0.289. The maximum atomic E-state index is 12.7. The van der Waals surface area contributed by atoms with Crippen LogP contribution in [0, 0.1) is 5.82 Å². The lowest BCUT2D eigenvalue weighted by molar-refractivity contribution is 0.628. The molecule has 92 valence electrons. The lowest BCUT2D eigenvalue weighted by atomic mass is 10.2. The summed E-state index contributed by atoms with van der Waals surface area (Å²) in [6.07, 6.45) is 1.55. The molecule has 0 radical (unpaired) electrons. The zero-order valence-electron chi connectivity index (χ0n) is 9.20. The number of halogens is 3. The van der Waals surface area contributed by atoms with Crippen LogP contribution in [0.2, 0.25) is 10.0 Å². The van der Waals surface area contributed by atoms with E-state index >= 15 is 0 Å². The second kappa shape index (κ2) is 5.85. The molecule has 5 heteroatoms. The topological polar surface area (TPSA) is 24.4 Å². The van der Waals surface area contributed by atoms with Gasteiger partial charge in [-0.05, 0) is 30.3 Å². The summed E-state index contributed by atoms with van der Waals surface area (Å²) in [7, 11) is 0. The molecule has 1 N–H and O–H groups in total. The molecule has 0 aliphatic carbocycles. The molecular formula is C13H9Cl2FN2. The van der Waals surface area contributed by atoms with E-state index in [2.05, 4.69) is 10.5 Å². The van der Waals surface area contributed by atoms with Gasteiger partial charge in [0.15, 0.2) is 0 Å². The van der Waals surface area contributed by atoms with E-state index < -0.39 is 0 Å². The Morgan fingerprint density at radius 1 is 1.06 bits per heavy atom. The summed E-state index contributed by atoms with van der Waals surface area (Å²) in [4.78, 5) is 0. The summed E-state index contributed by atoms with van der Waals surface area (Å²) in [6, 6.07) is 11.2. The normalized spacial score (nSPS) is 10.8. The number of rotatable bonds is 3. The van der Waals surface area contributed by atoms with E-state index in [-0.39, 0.29) is 5.82 Å².